The summed E-state index contributed by atoms with van der Waals surface area (Å²) in [7, 11) is 0. The first-order valence-corrected chi connectivity index (χ1v) is 9.36. The normalized spacial score (nSPS) is 17.4. The molecule has 0 spiro atoms. The first-order valence-electron chi connectivity index (χ1n) is 9.36. The van der Waals surface area contributed by atoms with E-state index in [0.29, 0.717) is 12.5 Å². The second kappa shape index (κ2) is 9.37. The van der Waals surface area contributed by atoms with Crippen molar-refractivity contribution in [1.29, 1.82) is 0 Å². The molecule has 3 rings (SSSR count). The molecule has 2 N–H and O–H groups in total. The van der Waals surface area contributed by atoms with E-state index in [-0.39, 0.29) is 17.7 Å². The Hall–Kier alpha value is -1.86. The van der Waals surface area contributed by atoms with Gasteiger partial charge >= 0.3 is 0 Å². The molecule has 4 nitrogen and oxygen atoms in total. The molecule has 0 amide bonds. The van der Waals surface area contributed by atoms with Gasteiger partial charge in [-0.3, -0.25) is 4.90 Å². The van der Waals surface area contributed by atoms with E-state index >= 15 is 0 Å². The van der Waals surface area contributed by atoms with Crippen molar-refractivity contribution >= 4 is 0 Å². The van der Waals surface area contributed by atoms with Crippen LogP contribution in [-0.4, -0.2) is 49.1 Å². The number of hydrogen-bond donors (Lipinski definition) is 1. The van der Waals surface area contributed by atoms with Crippen molar-refractivity contribution in [3.05, 3.63) is 71.3 Å². The number of halogens is 2. The molecule has 0 saturated carbocycles. The summed E-state index contributed by atoms with van der Waals surface area (Å²) in [4.78, 5) is 9.53. The minimum atomic E-state index is -0.252. The maximum absolute atomic E-state index is 13.4. The smallest absolute Gasteiger partial charge is 0.123 e. The van der Waals surface area contributed by atoms with Gasteiger partial charge in [-0.15, -0.1) is 0 Å². The maximum atomic E-state index is 13.4. The Balaban J connectivity index is 1.74. The average Bonchev–Trinajstić information content (AvgIpc) is 2.66. The van der Waals surface area contributed by atoms with Gasteiger partial charge in [0.25, 0.3) is 0 Å². The summed E-state index contributed by atoms with van der Waals surface area (Å²) >= 11 is 0. The molecular formula is C21H27F2N3O. The molecule has 0 aromatic heterocycles. The van der Waals surface area contributed by atoms with Crippen LogP contribution in [0.1, 0.15) is 24.1 Å². The minimum absolute atomic E-state index is 0.0156. The Morgan fingerprint density at radius 3 is 1.81 bits per heavy atom. The molecule has 1 fully saturated rings. The number of piperazine rings is 1. The first kappa shape index (κ1) is 19.9. The maximum Gasteiger partial charge on any atom is 0.123 e. The molecule has 0 bridgehead atoms. The molecule has 1 saturated heterocycles. The van der Waals surface area contributed by atoms with Crippen molar-refractivity contribution in [2.75, 3.05) is 39.3 Å². The molecule has 1 aliphatic heterocycles. The zero-order valence-electron chi connectivity index (χ0n) is 15.7. The van der Waals surface area contributed by atoms with Gasteiger partial charge in [-0.1, -0.05) is 31.2 Å². The van der Waals surface area contributed by atoms with E-state index in [9.17, 15) is 8.78 Å². The van der Waals surface area contributed by atoms with Crippen molar-refractivity contribution < 1.29 is 13.6 Å². The van der Waals surface area contributed by atoms with Crippen LogP contribution in [-0.2, 0) is 4.84 Å². The SMILES string of the molecule is CC(CON)CN1CCN(C(c2ccc(F)cc2)c2ccc(F)cc2)CC1. The van der Waals surface area contributed by atoms with Crippen LogP contribution in [0.15, 0.2) is 48.5 Å². The molecule has 1 heterocycles. The molecule has 1 unspecified atom stereocenters. The zero-order chi connectivity index (χ0) is 19.2. The topological polar surface area (TPSA) is 41.7 Å². The summed E-state index contributed by atoms with van der Waals surface area (Å²) in [5.74, 6) is 5.04. The fraction of sp³-hybridized carbons (Fsp3) is 0.429. The molecule has 27 heavy (non-hydrogen) atoms. The molecule has 2 aromatic carbocycles. The van der Waals surface area contributed by atoms with Crippen molar-refractivity contribution in [2.45, 2.75) is 13.0 Å². The quantitative estimate of drug-likeness (QED) is 0.755. The Bertz CT molecular complexity index is 655. The summed E-state index contributed by atoms with van der Waals surface area (Å²) in [6.45, 7) is 7.27. The summed E-state index contributed by atoms with van der Waals surface area (Å²) in [5.41, 5.74) is 2.03. The monoisotopic (exact) mass is 375 g/mol. The molecule has 146 valence electrons. The Kier molecular flexibility index (Phi) is 6.90. The van der Waals surface area contributed by atoms with Gasteiger partial charge in [0.15, 0.2) is 0 Å². The van der Waals surface area contributed by atoms with Gasteiger partial charge in [0, 0.05) is 32.7 Å². The number of rotatable bonds is 7. The van der Waals surface area contributed by atoms with Gasteiger partial charge in [-0.25, -0.2) is 14.7 Å². The summed E-state index contributed by atoms with van der Waals surface area (Å²) in [5, 5.41) is 0. The molecular weight excluding hydrogens is 348 g/mol. The van der Waals surface area contributed by atoms with E-state index in [1.807, 2.05) is 24.3 Å². The minimum Gasteiger partial charge on any atom is -0.304 e. The van der Waals surface area contributed by atoms with Crippen LogP contribution in [0.5, 0.6) is 0 Å². The van der Waals surface area contributed by atoms with E-state index in [1.54, 1.807) is 0 Å². The lowest BCUT2D eigenvalue weighted by Crippen LogP contribution is -2.49. The lowest BCUT2D eigenvalue weighted by molar-refractivity contribution is 0.0633. The highest BCUT2D eigenvalue weighted by molar-refractivity contribution is 5.32. The number of nitrogens with two attached hydrogens (primary N) is 1. The molecule has 2 aromatic rings. The fourth-order valence-corrected chi connectivity index (χ4v) is 3.77. The van der Waals surface area contributed by atoms with E-state index in [2.05, 4.69) is 16.7 Å². The summed E-state index contributed by atoms with van der Waals surface area (Å²) < 4.78 is 26.8. The van der Waals surface area contributed by atoms with Crippen LogP contribution in [0.2, 0.25) is 0 Å². The zero-order valence-corrected chi connectivity index (χ0v) is 15.7. The number of benzene rings is 2. The van der Waals surface area contributed by atoms with Crippen LogP contribution in [0.4, 0.5) is 8.78 Å². The van der Waals surface area contributed by atoms with E-state index in [1.165, 1.54) is 24.3 Å². The lowest BCUT2D eigenvalue weighted by Gasteiger charge is -2.40. The summed E-state index contributed by atoms with van der Waals surface area (Å²) in [6.07, 6.45) is 0. The third-order valence-electron chi connectivity index (χ3n) is 5.09. The van der Waals surface area contributed by atoms with Gasteiger partial charge < -0.3 is 9.74 Å². The van der Waals surface area contributed by atoms with Crippen molar-refractivity contribution in [3.63, 3.8) is 0 Å². The van der Waals surface area contributed by atoms with Crippen LogP contribution >= 0.6 is 0 Å². The van der Waals surface area contributed by atoms with Gasteiger partial charge in [0.2, 0.25) is 0 Å². The van der Waals surface area contributed by atoms with Crippen LogP contribution in [0, 0.1) is 17.6 Å². The predicted molar refractivity (Wildman–Crippen MR) is 102 cm³/mol. The highest BCUT2D eigenvalue weighted by atomic mass is 19.1. The second-order valence-electron chi connectivity index (χ2n) is 7.28. The van der Waals surface area contributed by atoms with Crippen LogP contribution < -0.4 is 5.90 Å². The highest BCUT2D eigenvalue weighted by Crippen LogP contribution is 2.30. The molecule has 0 aliphatic carbocycles. The molecule has 6 heteroatoms. The molecule has 0 radical (unpaired) electrons. The lowest BCUT2D eigenvalue weighted by atomic mass is 9.96. The van der Waals surface area contributed by atoms with Crippen LogP contribution in [0.25, 0.3) is 0 Å². The van der Waals surface area contributed by atoms with Gasteiger partial charge in [0.05, 0.1) is 12.6 Å². The highest BCUT2D eigenvalue weighted by Gasteiger charge is 2.27. The van der Waals surface area contributed by atoms with E-state index < -0.39 is 0 Å². The van der Waals surface area contributed by atoms with Gasteiger partial charge in [-0.05, 0) is 41.3 Å². The largest absolute Gasteiger partial charge is 0.304 e. The second-order valence-corrected chi connectivity index (χ2v) is 7.28. The Morgan fingerprint density at radius 2 is 1.37 bits per heavy atom. The first-order chi connectivity index (χ1) is 13.1. The molecule has 1 atom stereocenters. The standard InChI is InChI=1S/C21H27F2N3O/c1-16(15-27-24)14-25-10-12-26(13-11-25)21(17-2-6-19(22)7-3-17)18-4-8-20(23)9-5-18/h2-9,16,21H,10-15,24H2,1H3. The fourth-order valence-electron chi connectivity index (χ4n) is 3.77. The van der Waals surface area contributed by atoms with Gasteiger partial charge in [-0.2, -0.15) is 0 Å². The number of hydrogen-bond acceptors (Lipinski definition) is 4. The number of nitrogens with zero attached hydrogens (tertiary/aromatic N) is 2. The third kappa shape index (κ3) is 5.32. The van der Waals surface area contributed by atoms with Gasteiger partial charge in [0.1, 0.15) is 11.6 Å². The van der Waals surface area contributed by atoms with Crippen LogP contribution in [0.3, 0.4) is 0 Å². The summed E-state index contributed by atoms with van der Waals surface area (Å²) in [6, 6.07) is 13.2. The molecule has 1 aliphatic rings. The Labute approximate surface area is 159 Å². The average molecular weight is 375 g/mol. The third-order valence-corrected chi connectivity index (χ3v) is 5.09. The van der Waals surface area contributed by atoms with Crippen molar-refractivity contribution in [1.82, 2.24) is 9.80 Å². The van der Waals surface area contributed by atoms with E-state index in [4.69, 9.17) is 10.7 Å². The van der Waals surface area contributed by atoms with E-state index in [0.717, 1.165) is 43.9 Å². The Morgan fingerprint density at radius 1 is 0.889 bits per heavy atom. The van der Waals surface area contributed by atoms with Crippen molar-refractivity contribution in [2.24, 2.45) is 11.8 Å². The van der Waals surface area contributed by atoms with Crippen molar-refractivity contribution in [3.8, 4) is 0 Å². The predicted octanol–water partition coefficient (Wildman–Crippen LogP) is 3.20.